The van der Waals surface area contributed by atoms with Crippen LogP contribution in [-0.4, -0.2) is 19.0 Å². The Morgan fingerprint density at radius 1 is 1.11 bits per heavy atom. The Balaban J connectivity index is 1.77. The van der Waals surface area contributed by atoms with Gasteiger partial charge in [-0.05, 0) is 47.4 Å². The molecule has 1 aromatic carbocycles. The summed E-state index contributed by atoms with van der Waals surface area (Å²) in [6.45, 7) is 6.57. The minimum atomic E-state index is -2.49. The van der Waals surface area contributed by atoms with E-state index < -0.39 is 5.92 Å². The highest BCUT2D eigenvalue weighted by Gasteiger charge is 2.44. The van der Waals surface area contributed by atoms with Gasteiger partial charge in [-0.3, -0.25) is 0 Å². The van der Waals surface area contributed by atoms with Gasteiger partial charge >= 0.3 is 0 Å². The molecule has 1 atom stereocenters. The van der Waals surface area contributed by atoms with Gasteiger partial charge in [-0.2, -0.15) is 0 Å². The third kappa shape index (κ3) is 2.35. The normalized spacial score (nSPS) is 25.1. The van der Waals surface area contributed by atoms with E-state index in [9.17, 15) is 8.78 Å². The van der Waals surface area contributed by atoms with Crippen LogP contribution in [0.4, 0.5) is 14.5 Å². The number of nitrogens with zero attached hydrogens (tertiary/aromatic N) is 1. The summed E-state index contributed by atoms with van der Waals surface area (Å²) < 4.78 is 25.8. The molecule has 0 spiro atoms. The second-order valence-corrected chi connectivity index (χ2v) is 7.14. The molecule has 0 bridgehead atoms. The van der Waals surface area contributed by atoms with Crippen molar-refractivity contribution >= 4 is 5.69 Å². The van der Waals surface area contributed by atoms with Crippen LogP contribution >= 0.6 is 0 Å². The van der Waals surface area contributed by atoms with E-state index in [1.807, 2.05) is 6.07 Å². The van der Waals surface area contributed by atoms with Crippen molar-refractivity contribution in [1.29, 1.82) is 0 Å². The summed E-state index contributed by atoms with van der Waals surface area (Å²) >= 11 is 0. The Morgan fingerprint density at radius 2 is 1.74 bits per heavy atom. The topological polar surface area (TPSA) is 3.24 Å². The molecule has 1 heterocycles. The molecule has 1 saturated heterocycles. The zero-order chi connectivity index (χ0) is 13.8. The number of hydrogen-bond acceptors (Lipinski definition) is 1. The van der Waals surface area contributed by atoms with E-state index in [0.29, 0.717) is 11.3 Å². The maximum Gasteiger partial charge on any atom is 0.282 e. The fourth-order valence-electron chi connectivity index (χ4n) is 3.11. The van der Waals surface area contributed by atoms with Crippen LogP contribution in [0.15, 0.2) is 18.2 Å². The zero-order valence-electron chi connectivity index (χ0n) is 11.8. The predicted molar refractivity (Wildman–Crippen MR) is 74.0 cm³/mol. The van der Waals surface area contributed by atoms with Crippen LogP contribution in [0.1, 0.15) is 31.9 Å². The summed E-state index contributed by atoms with van der Waals surface area (Å²) in [7, 11) is 0. The van der Waals surface area contributed by atoms with Crippen LogP contribution in [-0.2, 0) is 12.8 Å². The molecule has 1 fully saturated rings. The molecule has 0 amide bonds. The van der Waals surface area contributed by atoms with Gasteiger partial charge in [-0.25, -0.2) is 8.78 Å². The fraction of sp³-hybridized carbons (Fsp3) is 0.625. The maximum atomic E-state index is 12.9. The van der Waals surface area contributed by atoms with Crippen LogP contribution in [0, 0.1) is 11.3 Å². The number of halogens is 2. The minimum absolute atomic E-state index is 0.130. The van der Waals surface area contributed by atoms with Crippen LogP contribution in [0.2, 0.25) is 0 Å². The van der Waals surface area contributed by atoms with Crippen molar-refractivity contribution in [1.82, 2.24) is 0 Å². The molecule has 0 saturated carbocycles. The lowest BCUT2D eigenvalue weighted by Gasteiger charge is -2.40. The van der Waals surface area contributed by atoms with E-state index in [1.54, 1.807) is 4.90 Å². The number of rotatable bonds is 1. The second kappa shape index (κ2) is 3.94. The molecule has 3 rings (SSSR count). The zero-order valence-corrected chi connectivity index (χ0v) is 11.8. The van der Waals surface area contributed by atoms with Gasteiger partial charge in [-0.15, -0.1) is 0 Å². The molecule has 0 aromatic heterocycles. The Kier molecular flexibility index (Phi) is 2.67. The lowest BCUT2D eigenvalue weighted by molar-refractivity contribution is -0.0262. The standard InChI is InChI=1S/C16H21F2N/c1-15(2,3)13-6-11-4-5-14(8-12(11)7-13)19-9-16(17,18)10-19/h4-5,8,13H,6-7,9-10H2,1-3H3. The smallest absolute Gasteiger partial charge is 0.282 e. The first-order valence-electron chi connectivity index (χ1n) is 6.99. The van der Waals surface area contributed by atoms with Gasteiger partial charge in [0.15, 0.2) is 0 Å². The van der Waals surface area contributed by atoms with Gasteiger partial charge < -0.3 is 4.90 Å². The third-order valence-electron chi connectivity index (χ3n) is 4.56. The first kappa shape index (κ1) is 12.9. The van der Waals surface area contributed by atoms with E-state index in [2.05, 4.69) is 32.9 Å². The molecule has 1 aliphatic heterocycles. The van der Waals surface area contributed by atoms with Gasteiger partial charge in [0.25, 0.3) is 5.92 Å². The fourth-order valence-corrected chi connectivity index (χ4v) is 3.11. The van der Waals surface area contributed by atoms with Gasteiger partial charge in [-0.1, -0.05) is 26.8 Å². The average Bonchev–Trinajstić information content (AvgIpc) is 2.67. The van der Waals surface area contributed by atoms with E-state index >= 15 is 0 Å². The first-order chi connectivity index (χ1) is 8.74. The van der Waals surface area contributed by atoms with E-state index in [4.69, 9.17) is 0 Å². The highest BCUT2D eigenvalue weighted by atomic mass is 19.3. The minimum Gasteiger partial charge on any atom is -0.359 e. The van der Waals surface area contributed by atoms with Gasteiger partial charge in [0, 0.05) is 5.69 Å². The monoisotopic (exact) mass is 265 g/mol. The van der Waals surface area contributed by atoms with Crippen molar-refractivity contribution in [3.05, 3.63) is 29.3 Å². The lowest BCUT2D eigenvalue weighted by Crippen LogP contribution is -2.56. The molecule has 3 heteroatoms. The summed E-state index contributed by atoms with van der Waals surface area (Å²) in [5.41, 5.74) is 4.02. The maximum absolute atomic E-state index is 12.9. The van der Waals surface area contributed by atoms with E-state index in [0.717, 1.165) is 18.5 Å². The highest BCUT2D eigenvalue weighted by molar-refractivity contribution is 5.55. The molecular formula is C16H21F2N. The van der Waals surface area contributed by atoms with Crippen molar-refractivity contribution < 1.29 is 8.78 Å². The molecule has 19 heavy (non-hydrogen) atoms. The molecular weight excluding hydrogens is 244 g/mol. The van der Waals surface area contributed by atoms with E-state index in [1.165, 1.54) is 11.1 Å². The van der Waals surface area contributed by atoms with Crippen molar-refractivity contribution in [3.63, 3.8) is 0 Å². The molecule has 104 valence electrons. The lowest BCUT2D eigenvalue weighted by atomic mass is 9.79. The summed E-state index contributed by atoms with van der Waals surface area (Å²) in [5, 5.41) is 0. The molecule has 1 nitrogen and oxygen atoms in total. The summed E-state index contributed by atoms with van der Waals surface area (Å²) in [6.07, 6.45) is 2.20. The molecule has 0 radical (unpaired) electrons. The number of hydrogen-bond donors (Lipinski definition) is 0. The molecule has 2 aliphatic rings. The van der Waals surface area contributed by atoms with Crippen LogP contribution < -0.4 is 4.90 Å². The Morgan fingerprint density at radius 3 is 2.32 bits per heavy atom. The molecule has 1 aliphatic carbocycles. The van der Waals surface area contributed by atoms with Gasteiger partial charge in [0.2, 0.25) is 0 Å². The quantitative estimate of drug-likeness (QED) is 0.744. The number of alkyl halides is 2. The number of anilines is 1. The van der Waals surface area contributed by atoms with Crippen molar-refractivity contribution in [2.75, 3.05) is 18.0 Å². The van der Waals surface area contributed by atoms with Crippen molar-refractivity contribution in [2.24, 2.45) is 11.3 Å². The highest BCUT2D eigenvalue weighted by Crippen LogP contribution is 2.40. The predicted octanol–water partition coefficient (Wildman–Crippen LogP) is 3.90. The molecule has 1 aromatic rings. The van der Waals surface area contributed by atoms with Crippen LogP contribution in [0.3, 0.4) is 0 Å². The second-order valence-electron chi connectivity index (χ2n) is 7.14. The number of benzene rings is 1. The van der Waals surface area contributed by atoms with E-state index in [-0.39, 0.29) is 13.1 Å². The average molecular weight is 265 g/mol. The summed E-state index contributed by atoms with van der Waals surface area (Å²) in [4.78, 5) is 1.77. The van der Waals surface area contributed by atoms with Crippen LogP contribution in [0.5, 0.6) is 0 Å². The van der Waals surface area contributed by atoms with Crippen LogP contribution in [0.25, 0.3) is 0 Å². The Hall–Kier alpha value is -1.12. The van der Waals surface area contributed by atoms with Gasteiger partial charge in [0.1, 0.15) is 0 Å². The molecule has 0 N–H and O–H groups in total. The summed E-state index contributed by atoms with van der Waals surface area (Å²) in [6, 6.07) is 6.25. The molecule has 1 unspecified atom stereocenters. The first-order valence-corrected chi connectivity index (χ1v) is 6.99. The Bertz CT molecular complexity index is 494. The van der Waals surface area contributed by atoms with Crippen molar-refractivity contribution in [2.45, 2.75) is 39.5 Å². The Labute approximate surface area is 113 Å². The summed E-state index contributed by atoms with van der Waals surface area (Å²) in [5.74, 6) is -1.83. The van der Waals surface area contributed by atoms with Gasteiger partial charge in [0.05, 0.1) is 13.1 Å². The third-order valence-corrected chi connectivity index (χ3v) is 4.56. The van der Waals surface area contributed by atoms with Crippen molar-refractivity contribution in [3.8, 4) is 0 Å². The SMILES string of the molecule is CC(C)(C)C1Cc2ccc(N3CC(F)(F)C3)cc2C1. The largest absolute Gasteiger partial charge is 0.359 e. The number of fused-ring (bicyclic) bond motifs is 1.